The molecule has 7 heteroatoms. The normalized spacial score (nSPS) is 15.1. The molecule has 0 atom stereocenters. The van der Waals surface area contributed by atoms with Gasteiger partial charge in [0.2, 0.25) is 0 Å². The van der Waals surface area contributed by atoms with Crippen LogP contribution in [0.1, 0.15) is 5.56 Å². The van der Waals surface area contributed by atoms with Crippen molar-refractivity contribution < 1.29 is 22.6 Å². The molecule has 0 spiro atoms. The molecule has 16 heavy (non-hydrogen) atoms. The quantitative estimate of drug-likeness (QED) is 0.758. The summed E-state index contributed by atoms with van der Waals surface area (Å²) in [5.74, 6) is 0.633. The van der Waals surface area contributed by atoms with Crippen LogP contribution in [0.3, 0.4) is 0 Å². The Balaban J connectivity index is 2.71. The summed E-state index contributed by atoms with van der Waals surface area (Å²) in [6, 6.07) is 3.13. The van der Waals surface area contributed by atoms with Crippen LogP contribution in [-0.4, -0.2) is 22.3 Å². The summed E-state index contributed by atoms with van der Waals surface area (Å²) in [7, 11) is 2.83. The van der Waals surface area contributed by atoms with Crippen LogP contribution < -0.4 is 9.47 Å². The summed E-state index contributed by atoms with van der Waals surface area (Å²) in [4.78, 5) is -0.0890. The van der Waals surface area contributed by atoms with Gasteiger partial charge in [-0.2, -0.15) is 0 Å². The van der Waals surface area contributed by atoms with Gasteiger partial charge in [0.25, 0.3) is 9.05 Å². The van der Waals surface area contributed by atoms with Crippen LogP contribution in [0.15, 0.2) is 17.0 Å². The van der Waals surface area contributed by atoms with Crippen molar-refractivity contribution in [2.24, 2.45) is 0 Å². The monoisotopic (exact) mass is 264 g/mol. The van der Waals surface area contributed by atoms with Crippen LogP contribution in [0.4, 0.5) is 0 Å². The van der Waals surface area contributed by atoms with E-state index in [9.17, 15) is 8.42 Å². The highest BCUT2D eigenvalue weighted by atomic mass is 35.7. The van der Waals surface area contributed by atoms with E-state index in [1.165, 1.54) is 13.2 Å². The first kappa shape index (κ1) is 11.5. The molecule has 0 N–H and O–H groups in total. The molecule has 1 aliphatic rings. The molecule has 0 saturated heterocycles. The number of ether oxygens (including phenoxy) is 3. The second-order valence-electron chi connectivity index (χ2n) is 3.12. The average molecular weight is 265 g/mol. The maximum absolute atomic E-state index is 11.5. The molecule has 0 aromatic heterocycles. The van der Waals surface area contributed by atoms with Crippen LogP contribution in [0.5, 0.6) is 11.5 Å². The Morgan fingerprint density at radius 1 is 1.44 bits per heavy atom. The molecule has 0 aliphatic carbocycles. The van der Waals surface area contributed by atoms with Gasteiger partial charge in [-0.25, -0.2) is 8.42 Å². The largest absolute Gasteiger partial charge is 0.495 e. The lowest BCUT2D eigenvalue weighted by molar-refractivity contribution is -0.0181. The Labute approximate surface area is 97.3 Å². The molecule has 0 bridgehead atoms. The van der Waals surface area contributed by atoms with Gasteiger partial charge in [-0.1, -0.05) is 0 Å². The first-order valence-electron chi connectivity index (χ1n) is 4.39. The van der Waals surface area contributed by atoms with Crippen molar-refractivity contribution in [1.29, 1.82) is 0 Å². The maximum atomic E-state index is 11.5. The lowest BCUT2D eigenvalue weighted by Crippen LogP contribution is -2.14. The third-order valence-electron chi connectivity index (χ3n) is 2.19. The minimum absolute atomic E-state index is 0.0890. The molecule has 0 saturated carbocycles. The van der Waals surface area contributed by atoms with Crippen molar-refractivity contribution in [3.63, 3.8) is 0 Å². The Bertz CT molecular complexity index is 511. The fraction of sp³-hybridized carbons (Fsp3) is 0.333. The van der Waals surface area contributed by atoms with Gasteiger partial charge in [0.05, 0.1) is 13.7 Å². The molecule has 0 radical (unpaired) electrons. The highest BCUT2D eigenvalue weighted by Crippen LogP contribution is 2.38. The zero-order chi connectivity index (χ0) is 11.8. The standard InChI is InChI=1S/C9H9ClO5S/c1-13-8-3-2-7-6(4-14-5-15-7)9(8)16(10,11)12/h2-3H,4-5H2,1H3. The lowest BCUT2D eigenvalue weighted by atomic mass is 10.2. The van der Waals surface area contributed by atoms with E-state index >= 15 is 0 Å². The molecule has 0 unspecified atom stereocenters. The second-order valence-corrected chi connectivity index (χ2v) is 5.62. The highest BCUT2D eigenvalue weighted by Gasteiger charge is 2.26. The summed E-state index contributed by atoms with van der Waals surface area (Å²) in [5.41, 5.74) is 0.389. The van der Waals surface area contributed by atoms with E-state index in [1.807, 2.05) is 0 Å². The summed E-state index contributed by atoms with van der Waals surface area (Å²) in [5, 5.41) is 0. The summed E-state index contributed by atoms with van der Waals surface area (Å²) < 4.78 is 38.1. The lowest BCUT2D eigenvalue weighted by Gasteiger charge is -2.20. The maximum Gasteiger partial charge on any atom is 0.265 e. The minimum atomic E-state index is -3.90. The van der Waals surface area contributed by atoms with Crippen LogP contribution in [0, 0.1) is 0 Å². The summed E-state index contributed by atoms with van der Waals surface area (Å²) in [6.45, 7) is 0.231. The number of methoxy groups -OCH3 is 1. The predicted octanol–water partition coefficient (Wildman–Crippen LogP) is 1.49. The van der Waals surface area contributed by atoms with Crippen LogP contribution >= 0.6 is 10.7 Å². The van der Waals surface area contributed by atoms with Gasteiger partial charge >= 0.3 is 0 Å². The molecule has 0 fully saturated rings. The van der Waals surface area contributed by atoms with E-state index in [1.54, 1.807) is 6.07 Å². The zero-order valence-corrected chi connectivity index (χ0v) is 9.97. The minimum Gasteiger partial charge on any atom is -0.495 e. The molecule has 1 aliphatic heterocycles. The van der Waals surface area contributed by atoms with Crippen molar-refractivity contribution in [2.75, 3.05) is 13.9 Å². The number of benzene rings is 1. The van der Waals surface area contributed by atoms with Crippen LogP contribution in [0.25, 0.3) is 0 Å². The van der Waals surface area contributed by atoms with Crippen molar-refractivity contribution in [2.45, 2.75) is 11.5 Å². The zero-order valence-electron chi connectivity index (χ0n) is 8.40. The predicted molar refractivity (Wildman–Crippen MR) is 56.3 cm³/mol. The number of halogens is 1. The van der Waals surface area contributed by atoms with E-state index < -0.39 is 9.05 Å². The van der Waals surface area contributed by atoms with E-state index in [-0.39, 0.29) is 24.0 Å². The Hall–Kier alpha value is -0.980. The Morgan fingerprint density at radius 2 is 2.19 bits per heavy atom. The van der Waals surface area contributed by atoms with Gasteiger partial charge in [0.1, 0.15) is 16.4 Å². The van der Waals surface area contributed by atoms with Crippen molar-refractivity contribution >= 4 is 19.7 Å². The second kappa shape index (κ2) is 4.12. The third kappa shape index (κ3) is 1.95. The smallest absolute Gasteiger partial charge is 0.265 e. The van der Waals surface area contributed by atoms with Gasteiger partial charge in [0.15, 0.2) is 6.79 Å². The van der Waals surface area contributed by atoms with E-state index in [2.05, 4.69) is 0 Å². The molecular weight excluding hydrogens is 256 g/mol. The van der Waals surface area contributed by atoms with Crippen LogP contribution in [0.2, 0.25) is 0 Å². The van der Waals surface area contributed by atoms with Crippen molar-refractivity contribution in [1.82, 2.24) is 0 Å². The molecule has 5 nitrogen and oxygen atoms in total. The molecule has 2 rings (SSSR count). The highest BCUT2D eigenvalue weighted by molar-refractivity contribution is 8.13. The van der Waals surface area contributed by atoms with Gasteiger partial charge in [-0.05, 0) is 12.1 Å². The molecule has 1 heterocycles. The first-order chi connectivity index (χ1) is 7.54. The number of rotatable bonds is 2. The number of hydrogen-bond donors (Lipinski definition) is 0. The molecule has 1 aromatic rings. The van der Waals surface area contributed by atoms with E-state index in [0.717, 1.165) is 0 Å². The molecule has 88 valence electrons. The number of fused-ring (bicyclic) bond motifs is 1. The average Bonchev–Trinajstić information content (AvgIpc) is 2.26. The Kier molecular flexibility index (Phi) is 2.96. The van der Waals surface area contributed by atoms with E-state index in [0.29, 0.717) is 11.3 Å². The van der Waals surface area contributed by atoms with Crippen molar-refractivity contribution in [3.05, 3.63) is 17.7 Å². The van der Waals surface area contributed by atoms with Crippen LogP contribution in [-0.2, 0) is 20.4 Å². The fourth-order valence-corrected chi connectivity index (χ4v) is 2.89. The Morgan fingerprint density at radius 3 is 2.81 bits per heavy atom. The fourth-order valence-electron chi connectivity index (χ4n) is 1.54. The topological polar surface area (TPSA) is 61.8 Å². The first-order valence-corrected chi connectivity index (χ1v) is 6.70. The summed E-state index contributed by atoms with van der Waals surface area (Å²) in [6.07, 6.45) is 0. The van der Waals surface area contributed by atoms with Gasteiger partial charge in [-0.15, -0.1) is 0 Å². The molecular formula is C9H9ClO5S. The number of hydrogen-bond acceptors (Lipinski definition) is 5. The molecule has 0 amide bonds. The molecule has 1 aromatic carbocycles. The van der Waals surface area contributed by atoms with Gasteiger partial charge in [-0.3, -0.25) is 0 Å². The SMILES string of the molecule is COc1ccc2c(c1S(=O)(=O)Cl)COCO2. The van der Waals surface area contributed by atoms with Crippen molar-refractivity contribution in [3.8, 4) is 11.5 Å². The van der Waals surface area contributed by atoms with E-state index in [4.69, 9.17) is 24.9 Å². The van der Waals surface area contributed by atoms with Gasteiger partial charge < -0.3 is 14.2 Å². The van der Waals surface area contributed by atoms with Gasteiger partial charge in [0, 0.05) is 16.2 Å². The summed E-state index contributed by atoms with van der Waals surface area (Å²) >= 11 is 0. The third-order valence-corrected chi connectivity index (χ3v) is 3.59.